The second-order valence-corrected chi connectivity index (χ2v) is 7.67. The Bertz CT molecular complexity index is 897. The van der Waals surface area contributed by atoms with Gasteiger partial charge in [-0.2, -0.15) is 13.2 Å². The zero-order valence-electron chi connectivity index (χ0n) is 15.8. The van der Waals surface area contributed by atoms with Crippen molar-refractivity contribution in [3.05, 3.63) is 53.1 Å². The third-order valence-corrected chi connectivity index (χ3v) is 5.32. The van der Waals surface area contributed by atoms with Crippen LogP contribution in [0.15, 0.2) is 42.5 Å². The number of hydrogen-bond donors (Lipinski definition) is 3. The van der Waals surface area contributed by atoms with Crippen molar-refractivity contribution in [2.24, 2.45) is 0 Å². The van der Waals surface area contributed by atoms with E-state index < -0.39 is 23.1 Å². The highest BCUT2D eigenvalue weighted by atomic mass is 32.1. The summed E-state index contributed by atoms with van der Waals surface area (Å²) in [5.41, 5.74) is 1.09. The standard InChI is InChI=1S/C19H20F3N5O2S/c20-19(21,22)17-26-27-18(30-17)25-15(28)9-8-13(24-16(29)14-10-11-23-14)7-6-12-4-2-1-3-5-12/h1-5,8-9,13-14,23H,6-7,10-11H2,(H,24,29)(H,25,27,28). The molecule has 2 amide bonds. The first-order valence-electron chi connectivity index (χ1n) is 9.29. The number of amides is 2. The number of halogens is 3. The highest BCUT2D eigenvalue weighted by Gasteiger charge is 2.35. The number of alkyl halides is 3. The predicted molar refractivity (Wildman–Crippen MR) is 106 cm³/mol. The zero-order valence-corrected chi connectivity index (χ0v) is 16.6. The number of aromatic nitrogens is 2. The maximum atomic E-state index is 12.6. The second-order valence-electron chi connectivity index (χ2n) is 6.69. The molecule has 0 radical (unpaired) electrons. The van der Waals surface area contributed by atoms with E-state index in [4.69, 9.17) is 0 Å². The maximum Gasteiger partial charge on any atom is 0.445 e. The first-order valence-corrected chi connectivity index (χ1v) is 10.1. The third kappa shape index (κ3) is 6.36. The predicted octanol–water partition coefficient (Wildman–Crippen LogP) is 2.53. The molecule has 2 unspecified atom stereocenters. The van der Waals surface area contributed by atoms with Gasteiger partial charge in [-0.3, -0.25) is 14.9 Å². The number of hydrogen-bond acceptors (Lipinski definition) is 6. The molecule has 2 atom stereocenters. The molecule has 160 valence electrons. The van der Waals surface area contributed by atoms with E-state index in [9.17, 15) is 22.8 Å². The summed E-state index contributed by atoms with van der Waals surface area (Å²) in [4.78, 5) is 24.3. The Hall–Kier alpha value is -2.79. The van der Waals surface area contributed by atoms with Gasteiger partial charge in [-0.25, -0.2) is 0 Å². The summed E-state index contributed by atoms with van der Waals surface area (Å²) in [7, 11) is 0. The Morgan fingerprint density at radius 3 is 2.60 bits per heavy atom. The highest BCUT2D eigenvalue weighted by Crippen LogP contribution is 2.32. The van der Waals surface area contributed by atoms with Crippen molar-refractivity contribution in [2.45, 2.75) is 37.5 Å². The van der Waals surface area contributed by atoms with E-state index >= 15 is 0 Å². The van der Waals surface area contributed by atoms with E-state index in [1.54, 1.807) is 0 Å². The molecule has 7 nitrogen and oxygen atoms in total. The van der Waals surface area contributed by atoms with Crippen LogP contribution in [-0.2, 0) is 22.2 Å². The largest absolute Gasteiger partial charge is 0.445 e. The van der Waals surface area contributed by atoms with Crippen LogP contribution in [0, 0.1) is 0 Å². The summed E-state index contributed by atoms with van der Waals surface area (Å²) in [5.74, 6) is -0.802. The highest BCUT2D eigenvalue weighted by molar-refractivity contribution is 7.15. The fraction of sp³-hybridized carbons (Fsp3) is 0.368. The topological polar surface area (TPSA) is 96.0 Å². The Morgan fingerprint density at radius 1 is 1.27 bits per heavy atom. The number of nitrogens with one attached hydrogen (secondary N) is 3. The third-order valence-electron chi connectivity index (χ3n) is 4.43. The number of carbonyl (C=O) groups excluding carboxylic acids is 2. The van der Waals surface area contributed by atoms with Gasteiger partial charge in [-0.05, 0) is 31.4 Å². The van der Waals surface area contributed by atoms with Gasteiger partial charge in [0.05, 0.1) is 6.04 Å². The van der Waals surface area contributed by atoms with Crippen LogP contribution in [0.25, 0.3) is 0 Å². The quantitative estimate of drug-likeness (QED) is 0.550. The van der Waals surface area contributed by atoms with Gasteiger partial charge in [0.25, 0.3) is 0 Å². The Morgan fingerprint density at radius 2 is 2.00 bits per heavy atom. The summed E-state index contributed by atoms with van der Waals surface area (Å²) >= 11 is 0.244. The molecule has 1 aromatic heterocycles. The van der Waals surface area contributed by atoms with Crippen molar-refractivity contribution in [1.82, 2.24) is 20.8 Å². The molecule has 1 aromatic carbocycles. The molecule has 3 N–H and O–H groups in total. The minimum Gasteiger partial charge on any atom is -0.349 e. The van der Waals surface area contributed by atoms with Gasteiger partial charge in [0.2, 0.25) is 22.0 Å². The van der Waals surface area contributed by atoms with Crippen molar-refractivity contribution in [2.75, 3.05) is 11.9 Å². The maximum absolute atomic E-state index is 12.6. The van der Waals surface area contributed by atoms with Gasteiger partial charge < -0.3 is 10.6 Å². The molecule has 2 aromatic rings. The molecule has 1 aliphatic rings. The second kappa shape index (κ2) is 9.81. The van der Waals surface area contributed by atoms with Gasteiger partial charge >= 0.3 is 6.18 Å². The minimum absolute atomic E-state index is 0.150. The number of rotatable bonds is 8. The molecule has 3 rings (SSSR count). The van der Waals surface area contributed by atoms with E-state index in [0.717, 1.165) is 18.5 Å². The molecule has 11 heteroatoms. The number of aryl methyl sites for hydroxylation is 1. The molecule has 0 spiro atoms. The fourth-order valence-electron chi connectivity index (χ4n) is 2.72. The Kier molecular flexibility index (Phi) is 7.16. The molecular formula is C19H20F3N5O2S. The molecule has 1 fully saturated rings. The lowest BCUT2D eigenvalue weighted by Gasteiger charge is -2.28. The lowest BCUT2D eigenvalue weighted by molar-refractivity contribution is -0.138. The van der Waals surface area contributed by atoms with Crippen molar-refractivity contribution in [1.29, 1.82) is 0 Å². The zero-order chi connectivity index (χ0) is 21.6. The summed E-state index contributed by atoms with van der Waals surface area (Å²) in [6.07, 6.45) is 0.0860. The summed E-state index contributed by atoms with van der Waals surface area (Å²) in [6, 6.07) is 9.03. The van der Waals surface area contributed by atoms with Crippen LogP contribution < -0.4 is 16.0 Å². The van der Waals surface area contributed by atoms with Crippen LogP contribution in [-0.4, -0.2) is 40.6 Å². The van der Waals surface area contributed by atoms with Crippen molar-refractivity contribution in [3.63, 3.8) is 0 Å². The molecule has 2 heterocycles. The van der Waals surface area contributed by atoms with Crippen molar-refractivity contribution < 1.29 is 22.8 Å². The van der Waals surface area contributed by atoms with Gasteiger partial charge in [-0.1, -0.05) is 47.7 Å². The number of anilines is 1. The number of carbonyl (C=O) groups is 2. The fourth-order valence-corrected chi connectivity index (χ4v) is 3.33. The Balaban J connectivity index is 1.59. The smallest absolute Gasteiger partial charge is 0.349 e. The molecule has 30 heavy (non-hydrogen) atoms. The van der Waals surface area contributed by atoms with Crippen molar-refractivity contribution in [3.8, 4) is 0 Å². The number of benzene rings is 1. The Labute approximate surface area is 174 Å². The number of nitrogens with zero attached hydrogens (tertiary/aromatic N) is 2. The van der Waals surface area contributed by atoms with Gasteiger partial charge in [0.15, 0.2) is 0 Å². The van der Waals surface area contributed by atoms with Gasteiger partial charge in [-0.15, -0.1) is 10.2 Å². The summed E-state index contributed by atoms with van der Waals surface area (Å²) in [5, 5.41) is 13.1. The molecular weight excluding hydrogens is 419 g/mol. The first-order chi connectivity index (χ1) is 14.3. The van der Waals surface area contributed by atoms with E-state index in [-0.39, 0.29) is 28.4 Å². The van der Waals surface area contributed by atoms with E-state index in [1.807, 2.05) is 30.3 Å². The molecule has 1 saturated heterocycles. The monoisotopic (exact) mass is 439 g/mol. The molecule has 0 aliphatic carbocycles. The summed E-state index contributed by atoms with van der Waals surface area (Å²) in [6.45, 7) is 0.785. The van der Waals surface area contributed by atoms with Gasteiger partial charge in [0.1, 0.15) is 0 Å². The average Bonchev–Trinajstić information content (AvgIpc) is 3.12. The average molecular weight is 439 g/mol. The molecule has 0 bridgehead atoms. The van der Waals surface area contributed by atoms with Crippen LogP contribution in [0.1, 0.15) is 23.4 Å². The van der Waals surface area contributed by atoms with Crippen LogP contribution >= 0.6 is 11.3 Å². The lowest BCUT2D eigenvalue weighted by Crippen LogP contribution is -2.54. The van der Waals surface area contributed by atoms with E-state index in [2.05, 4.69) is 26.1 Å². The van der Waals surface area contributed by atoms with Crippen molar-refractivity contribution >= 4 is 28.3 Å². The van der Waals surface area contributed by atoms with Crippen LogP contribution in [0.3, 0.4) is 0 Å². The van der Waals surface area contributed by atoms with Crippen LogP contribution in [0.4, 0.5) is 18.3 Å². The van der Waals surface area contributed by atoms with Gasteiger partial charge in [0, 0.05) is 12.1 Å². The van der Waals surface area contributed by atoms with E-state index in [1.165, 1.54) is 12.2 Å². The lowest BCUT2D eigenvalue weighted by atomic mass is 10.0. The SMILES string of the molecule is O=C(C=CC(CCc1ccccc1)NC(=O)C1CCN1)Nc1nnc(C(F)(F)F)s1. The normalized spacial score (nSPS) is 17.4. The molecule has 1 aliphatic heterocycles. The first kappa shape index (κ1) is 21.9. The van der Waals surface area contributed by atoms with Crippen LogP contribution in [0.5, 0.6) is 0 Å². The minimum atomic E-state index is -4.61. The van der Waals surface area contributed by atoms with Crippen LogP contribution in [0.2, 0.25) is 0 Å². The van der Waals surface area contributed by atoms with E-state index in [0.29, 0.717) is 12.8 Å². The summed E-state index contributed by atoms with van der Waals surface area (Å²) < 4.78 is 37.7. The molecule has 0 saturated carbocycles.